The highest BCUT2D eigenvalue weighted by atomic mass is 15.0. The minimum absolute atomic E-state index is 0.0329. The van der Waals surface area contributed by atoms with Gasteiger partial charge in [-0.3, -0.25) is 0 Å². The molecule has 1 saturated carbocycles. The molecule has 2 aromatic rings. The number of aromatic nitrogens is 2. The first-order chi connectivity index (χ1) is 9.85. The number of benzene rings is 1. The Kier molecular flexibility index (Phi) is 3.68. The van der Waals surface area contributed by atoms with Gasteiger partial charge in [0.1, 0.15) is 11.6 Å². The second kappa shape index (κ2) is 5.61. The van der Waals surface area contributed by atoms with E-state index in [2.05, 4.69) is 47.6 Å². The zero-order chi connectivity index (χ0) is 13.8. The van der Waals surface area contributed by atoms with Gasteiger partial charge in [-0.1, -0.05) is 43.7 Å². The number of hydrogen-bond donors (Lipinski definition) is 1. The predicted molar refractivity (Wildman–Crippen MR) is 81.9 cm³/mol. The van der Waals surface area contributed by atoms with Gasteiger partial charge in [-0.2, -0.15) is 0 Å². The maximum atomic E-state index is 4.76. The summed E-state index contributed by atoms with van der Waals surface area (Å²) in [4.78, 5) is 9.33. The maximum absolute atomic E-state index is 4.76. The average molecular weight is 267 g/mol. The molecule has 1 aliphatic carbocycles. The van der Waals surface area contributed by atoms with Crippen LogP contribution in [0.25, 0.3) is 0 Å². The topological polar surface area (TPSA) is 37.8 Å². The molecule has 1 aromatic heterocycles. The summed E-state index contributed by atoms with van der Waals surface area (Å²) >= 11 is 0. The number of nitrogens with zero attached hydrogens (tertiary/aromatic N) is 2. The highest BCUT2D eigenvalue weighted by molar-refractivity contribution is 5.40. The first-order valence-corrected chi connectivity index (χ1v) is 7.48. The molecule has 1 aliphatic rings. The fourth-order valence-corrected chi connectivity index (χ4v) is 2.87. The number of nitrogens with one attached hydrogen (secondary N) is 1. The molecule has 0 bridgehead atoms. The van der Waals surface area contributed by atoms with Crippen molar-refractivity contribution in [2.24, 2.45) is 0 Å². The third-order valence-electron chi connectivity index (χ3n) is 4.17. The van der Waals surface area contributed by atoms with Crippen LogP contribution >= 0.6 is 0 Å². The second-order valence-electron chi connectivity index (χ2n) is 5.49. The molecule has 0 radical (unpaired) electrons. The van der Waals surface area contributed by atoms with Crippen LogP contribution in [-0.4, -0.2) is 16.5 Å². The lowest BCUT2D eigenvalue weighted by Gasteiger charge is -2.41. The molecule has 3 heteroatoms. The van der Waals surface area contributed by atoms with Crippen LogP contribution in [0.3, 0.4) is 0 Å². The summed E-state index contributed by atoms with van der Waals surface area (Å²) in [6, 6.07) is 12.6. The van der Waals surface area contributed by atoms with Crippen LogP contribution in [0.15, 0.2) is 42.6 Å². The van der Waals surface area contributed by atoms with E-state index in [1.807, 2.05) is 12.3 Å². The van der Waals surface area contributed by atoms with E-state index in [4.69, 9.17) is 4.98 Å². The Morgan fingerprint density at radius 2 is 1.95 bits per heavy atom. The zero-order valence-electron chi connectivity index (χ0n) is 12.0. The molecule has 0 unspecified atom stereocenters. The summed E-state index contributed by atoms with van der Waals surface area (Å²) < 4.78 is 0. The van der Waals surface area contributed by atoms with Crippen molar-refractivity contribution in [3.05, 3.63) is 54.0 Å². The Labute approximate surface area is 120 Å². The summed E-state index contributed by atoms with van der Waals surface area (Å²) in [6.07, 6.45) is 6.53. The highest BCUT2D eigenvalue weighted by Crippen LogP contribution is 2.47. The lowest BCUT2D eigenvalue weighted by Crippen LogP contribution is -2.37. The molecular weight excluding hydrogens is 246 g/mol. The first kappa shape index (κ1) is 13.1. The zero-order valence-corrected chi connectivity index (χ0v) is 12.0. The fraction of sp³-hybridized carbons (Fsp3) is 0.412. The van der Waals surface area contributed by atoms with Gasteiger partial charge in [0.05, 0.1) is 5.41 Å². The van der Waals surface area contributed by atoms with Crippen molar-refractivity contribution in [1.82, 2.24) is 9.97 Å². The molecule has 0 spiro atoms. The van der Waals surface area contributed by atoms with Gasteiger partial charge in [-0.25, -0.2) is 9.97 Å². The van der Waals surface area contributed by atoms with E-state index >= 15 is 0 Å². The fourth-order valence-electron chi connectivity index (χ4n) is 2.87. The van der Waals surface area contributed by atoms with E-state index in [0.29, 0.717) is 0 Å². The van der Waals surface area contributed by atoms with Gasteiger partial charge in [-0.05, 0) is 30.9 Å². The van der Waals surface area contributed by atoms with Gasteiger partial charge in [0.2, 0.25) is 0 Å². The molecule has 0 amide bonds. The van der Waals surface area contributed by atoms with Crippen LogP contribution in [0, 0.1) is 0 Å². The summed E-state index contributed by atoms with van der Waals surface area (Å²) in [7, 11) is 0. The van der Waals surface area contributed by atoms with Crippen LogP contribution in [0.1, 0.15) is 44.0 Å². The minimum Gasteiger partial charge on any atom is -0.370 e. The molecule has 0 saturated heterocycles. The van der Waals surface area contributed by atoms with Crippen LogP contribution in [0.4, 0.5) is 5.82 Å². The number of hydrogen-bond acceptors (Lipinski definition) is 3. The van der Waals surface area contributed by atoms with Crippen LogP contribution in [0.2, 0.25) is 0 Å². The molecule has 3 rings (SSSR count). The normalized spacial score (nSPS) is 16.4. The first-order valence-electron chi connectivity index (χ1n) is 7.48. The Bertz CT molecular complexity index is 561. The largest absolute Gasteiger partial charge is 0.370 e. The molecule has 1 aromatic carbocycles. The van der Waals surface area contributed by atoms with Crippen molar-refractivity contribution in [3.63, 3.8) is 0 Å². The molecular formula is C17H21N3. The van der Waals surface area contributed by atoms with Crippen molar-refractivity contribution in [2.45, 2.75) is 38.0 Å². The van der Waals surface area contributed by atoms with Gasteiger partial charge in [-0.15, -0.1) is 0 Å². The van der Waals surface area contributed by atoms with E-state index in [1.54, 1.807) is 0 Å². The SMILES string of the molecule is CCCNc1ccnc(C2(c3ccccc3)CCC2)n1. The van der Waals surface area contributed by atoms with E-state index in [1.165, 1.54) is 12.0 Å². The summed E-state index contributed by atoms with van der Waals surface area (Å²) in [5.74, 6) is 1.91. The van der Waals surface area contributed by atoms with Crippen molar-refractivity contribution in [3.8, 4) is 0 Å². The highest BCUT2D eigenvalue weighted by Gasteiger charge is 2.42. The molecule has 3 nitrogen and oxygen atoms in total. The third kappa shape index (κ3) is 2.28. The molecule has 104 valence electrons. The second-order valence-corrected chi connectivity index (χ2v) is 5.49. The Hall–Kier alpha value is -1.90. The van der Waals surface area contributed by atoms with Crippen molar-refractivity contribution in [2.75, 3.05) is 11.9 Å². The molecule has 0 aliphatic heterocycles. The van der Waals surface area contributed by atoms with Crippen LogP contribution < -0.4 is 5.32 Å². The third-order valence-corrected chi connectivity index (χ3v) is 4.17. The van der Waals surface area contributed by atoms with Gasteiger partial charge >= 0.3 is 0 Å². The number of rotatable bonds is 5. The average Bonchev–Trinajstić information content (AvgIpc) is 2.46. The molecule has 20 heavy (non-hydrogen) atoms. The molecule has 1 N–H and O–H groups in total. The molecule has 1 fully saturated rings. The van der Waals surface area contributed by atoms with Crippen LogP contribution in [-0.2, 0) is 5.41 Å². The molecule has 1 heterocycles. The van der Waals surface area contributed by atoms with E-state index in [-0.39, 0.29) is 5.41 Å². The lowest BCUT2D eigenvalue weighted by molar-refractivity contribution is 0.285. The Balaban J connectivity index is 1.94. The van der Waals surface area contributed by atoms with Crippen molar-refractivity contribution in [1.29, 1.82) is 0 Å². The Morgan fingerprint density at radius 1 is 1.15 bits per heavy atom. The molecule has 0 atom stereocenters. The van der Waals surface area contributed by atoms with Gasteiger partial charge in [0.15, 0.2) is 0 Å². The predicted octanol–water partition coefficient (Wildman–Crippen LogP) is 3.77. The maximum Gasteiger partial charge on any atom is 0.141 e. The number of anilines is 1. The Morgan fingerprint density at radius 3 is 2.60 bits per heavy atom. The van der Waals surface area contributed by atoms with Crippen molar-refractivity contribution < 1.29 is 0 Å². The van der Waals surface area contributed by atoms with Crippen LogP contribution in [0.5, 0.6) is 0 Å². The smallest absolute Gasteiger partial charge is 0.141 e. The van der Waals surface area contributed by atoms with Gasteiger partial charge < -0.3 is 5.32 Å². The summed E-state index contributed by atoms with van der Waals surface area (Å²) in [6.45, 7) is 3.11. The van der Waals surface area contributed by atoms with Crippen molar-refractivity contribution >= 4 is 5.82 Å². The quantitative estimate of drug-likeness (QED) is 0.896. The van der Waals surface area contributed by atoms with E-state index in [9.17, 15) is 0 Å². The van der Waals surface area contributed by atoms with Gasteiger partial charge in [0.25, 0.3) is 0 Å². The monoisotopic (exact) mass is 267 g/mol. The lowest BCUT2D eigenvalue weighted by atomic mass is 9.64. The van der Waals surface area contributed by atoms with E-state index in [0.717, 1.165) is 37.4 Å². The summed E-state index contributed by atoms with van der Waals surface area (Å²) in [5.41, 5.74) is 1.38. The standard InChI is InChI=1S/C17H21N3/c1-2-12-18-15-9-13-19-16(20-15)17(10-6-11-17)14-7-4-3-5-8-14/h3-5,7-9,13H,2,6,10-12H2,1H3,(H,18,19,20). The summed E-state index contributed by atoms with van der Waals surface area (Å²) in [5, 5.41) is 3.36. The van der Waals surface area contributed by atoms with Gasteiger partial charge in [0, 0.05) is 12.7 Å². The van der Waals surface area contributed by atoms with E-state index < -0.39 is 0 Å². The minimum atomic E-state index is 0.0329.